The van der Waals surface area contributed by atoms with Crippen molar-refractivity contribution < 1.29 is 5.11 Å². The van der Waals surface area contributed by atoms with Gasteiger partial charge in [0.05, 0.1) is 3.57 Å². The zero-order valence-corrected chi connectivity index (χ0v) is 10.8. The Bertz CT molecular complexity index is 516. The average molecular weight is 327 g/mol. The van der Waals surface area contributed by atoms with Gasteiger partial charge in [0, 0.05) is 18.8 Å². The molecule has 4 nitrogen and oxygen atoms in total. The van der Waals surface area contributed by atoms with Gasteiger partial charge in [-0.15, -0.1) is 0 Å². The molecule has 0 bridgehead atoms. The Morgan fingerprint density at radius 1 is 1.38 bits per heavy atom. The summed E-state index contributed by atoms with van der Waals surface area (Å²) in [6.07, 6.45) is 1.75. The molecule has 0 aliphatic rings. The van der Waals surface area contributed by atoms with Gasteiger partial charge in [0.25, 0.3) is 0 Å². The highest BCUT2D eigenvalue weighted by atomic mass is 127. The zero-order valence-electron chi connectivity index (χ0n) is 8.61. The molecule has 0 saturated heterocycles. The van der Waals surface area contributed by atoms with Crippen LogP contribution < -0.4 is 5.32 Å². The number of phenols is 1. The molecule has 0 saturated carbocycles. The molecule has 5 heteroatoms. The van der Waals surface area contributed by atoms with Crippen molar-refractivity contribution in [2.45, 2.75) is 0 Å². The van der Waals surface area contributed by atoms with Crippen LogP contribution in [-0.4, -0.2) is 22.1 Å². The maximum atomic E-state index is 9.38. The first-order valence-electron chi connectivity index (χ1n) is 4.70. The molecule has 2 aromatic rings. The van der Waals surface area contributed by atoms with Gasteiger partial charge in [-0.1, -0.05) is 12.1 Å². The van der Waals surface area contributed by atoms with E-state index in [2.05, 4.69) is 37.9 Å². The van der Waals surface area contributed by atoms with E-state index in [0.717, 1.165) is 15.0 Å². The van der Waals surface area contributed by atoms with Crippen molar-refractivity contribution in [1.82, 2.24) is 9.97 Å². The van der Waals surface area contributed by atoms with Gasteiger partial charge in [0.15, 0.2) is 5.82 Å². The van der Waals surface area contributed by atoms with E-state index in [1.807, 2.05) is 13.1 Å². The van der Waals surface area contributed by atoms with E-state index >= 15 is 0 Å². The predicted octanol–water partition coefficient (Wildman–Crippen LogP) is 2.50. The van der Waals surface area contributed by atoms with E-state index in [-0.39, 0.29) is 5.75 Å². The predicted molar refractivity (Wildman–Crippen MR) is 71.4 cm³/mol. The summed E-state index contributed by atoms with van der Waals surface area (Å²) >= 11 is 2.17. The number of aromatic hydroxyl groups is 1. The number of hydrogen-bond acceptors (Lipinski definition) is 4. The van der Waals surface area contributed by atoms with Crippen molar-refractivity contribution in [3.63, 3.8) is 0 Å². The van der Waals surface area contributed by atoms with Crippen LogP contribution in [0.5, 0.6) is 5.75 Å². The lowest BCUT2D eigenvalue weighted by atomic mass is 10.2. The normalized spacial score (nSPS) is 10.1. The first-order chi connectivity index (χ1) is 7.70. The Balaban J connectivity index is 2.48. The fourth-order valence-corrected chi connectivity index (χ4v) is 1.86. The van der Waals surface area contributed by atoms with Crippen molar-refractivity contribution >= 4 is 28.4 Å². The molecule has 0 atom stereocenters. The molecule has 1 heterocycles. The van der Waals surface area contributed by atoms with Gasteiger partial charge in [0.2, 0.25) is 0 Å². The summed E-state index contributed by atoms with van der Waals surface area (Å²) in [5, 5.41) is 12.4. The summed E-state index contributed by atoms with van der Waals surface area (Å²) < 4.78 is 0.962. The van der Waals surface area contributed by atoms with Crippen molar-refractivity contribution in [3.05, 3.63) is 34.0 Å². The lowest BCUT2D eigenvalue weighted by Gasteiger charge is -2.05. The number of nitrogens with zero attached hydrogens (tertiary/aromatic N) is 2. The van der Waals surface area contributed by atoms with E-state index < -0.39 is 0 Å². The van der Waals surface area contributed by atoms with E-state index in [0.29, 0.717) is 5.82 Å². The number of halogens is 1. The Kier molecular flexibility index (Phi) is 3.23. The monoisotopic (exact) mass is 327 g/mol. The van der Waals surface area contributed by atoms with Crippen LogP contribution in [0, 0.1) is 3.57 Å². The fraction of sp³-hybridized carbons (Fsp3) is 0.0909. The number of anilines is 1. The molecule has 0 aliphatic heterocycles. The number of rotatable bonds is 2. The quantitative estimate of drug-likeness (QED) is 0.832. The van der Waals surface area contributed by atoms with E-state index in [9.17, 15) is 5.11 Å². The Morgan fingerprint density at radius 2 is 2.19 bits per heavy atom. The second-order valence-corrected chi connectivity index (χ2v) is 4.35. The summed E-state index contributed by atoms with van der Waals surface area (Å²) in [6, 6.07) is 6.89. The topological polar surface area (TPSA) is 58.0 Å². The summed E-state index contributed by atoms with van der Waals surface area (Å²) in [5.74, 6) is 1.60. The fourth-order valence-electron chi connectivity index (χ4n) is 1.33. The minimum atomic E-state index is 0.214. The molecular weight excluding hydrogens is 317 g/mol. The summed E-state index contributed by atoms with van der Waals surface area (Å²) in [5.41, 5.74) is 0.799. The van der Waals surface area contributed by atoms with Gasteiger partial charge in [-0.3, -0.25) is 0 Å². The zero-order chi connectivity index (χ0) is 11.5. The summed E-state index contributed by atoms with van der Waals surface area (Å²) in [4.78, 5) is 8.59. The first-order valence-corrected chi connectivity index (χ1v) is 5.78. The number of aromatic nitrogens is 2. The lowest BCUT2D eigenvalue weighted by Crippen LogP contribution is -1.99. The van der Waals surface area contributed by atoms with Crippen LogP contribution in [0.3, 0.4) is 0 Å². The van der Waals surface area contributed by atoms with Crippen LogP contribution in [0.2, 0.25) is 0 Å². The van der Waals surface area contributed by atoms with Gasteiger partial charge in [0.1, 0.15) is 11.6 Å². The molecule has 0 unspecified atom stereocenters. The van der Waals surface area contributed by atoms with Gasteiger partial charge < -0.3 is 10.4 Å². The van der Waals surface area contributed by atoms with Gasteiger partial charge in [-0.25, -0.2) is 9.97 Å². The SMILES string of the molecule is CNc1nc(-c2cccc(O)c2)ncc1I. The molecule has 16 heavy (non-hydrogen) atoms. The van der Waals surface area contributed by atoms with Crippen molar-refractivity contribution in [3.8, 4) is 17.1 Å². The molecule has 0 radical (unpaired) electrons. The van der Waals surface area contributed by atoms with Gasteiger partial charge >= 0.3 is 0 Å². The van der Waals surface area contributed by atoms with Crippen LogP contribution in [0.1, 0.15) is 0 Å². The van der Waals surface area contributed by atoms with E-state index in [1.165, 1.54) is 0 Å². The number of phenolic OH excluding ortho intramolecular Hbond substituents is 1. The third kappa shape index (κ3) is 2.24. The molecule has 0 aliphatic carbocycles. The van der Waals surface area contributed by atoms with Crippen LogP contribution in [-0.2, 0) is 0 Å². The van der Waals surface area contributed by atoms with Crippen LogP contribution in [0.25, 0.3) is 11.4 Å². The van der Waals surface area contributed by atoms with Crippen molar-refractivity contribution in [2.24, 2.45) is 0 Å². The first kappa shape index (κ1) is 11.1. The lowest BCUT2D eigenvalue weighted by molar-refractivity contribution is 0.475. The maximum absolute atomic E-state index is 9.38. The molecule has 0 spiro atoms. The Morgan fingerprint density at radius 3 is 2.88 bits per heavy atom. The van der Waals surface area contributed by atoms with Crippen LogP contribution in [0.4, 0.5) is 5.82 Å². The van der Waals surface area contributed by atoms with Crippen molar-refractivity contribution in [2.75, 3.05) is 12.4 Å². The summed E-state index contributed by atoms with van der Waals surface area (Å²) in [6.45, 7) is 0. The molecule has 0 fully saturated rings. The Labute approximate surface area is 107 Å². The van der Waals surface area contributed by atoms with Crippen LogP contribution in [0.15, 0.2) is 30.5 Å². The number of benzene rings is 1. The molecule has 1 aromatic carbocycles. The van der Waals surface area contributed by atoms with Crippen LogP contribution >= 0.6 is 22.6 Å². The maximum Gasteiger partial charge on any atom is 0.161 e. The Hall–Kier alpha value is -1.37. The largest absolute Gasteiger partial charge is 0.508 e. The molecule has 2 N–H and O–H groups in total. The minimum absolute atomic E-state index is 0.214. The summed E-state index contributed by atoms with van der Waals surface area (Å²) in [7, 11) is 1.82. The number of hydrogen-bond donors (Lipinski definition) is 2. The van der Waals surface area contributed by atoms with E-state index in [4.69, 9.17) is 0 Å². The average Bonchev–Trinajstić information content (AvgIpc) is 2.29. The molecule has 2 rings (SSSR count). The highest BCUT2D eigenvalue weighted by molar-refractivity contribution is 14.1. The molecule has 1 aromatic heterocycles. The van der Waals surface area contributed by atoms with Crippen molar-refractivity contribution in [1.29, 1.82) is 0 Å². The highest BCUT2D eigenvalue weighted by Gasteiger charge is 2.05. The molecular formula is C11H10IN3O. The third-order valence-corrected chi connectivity index (χ3v) is 2.87. The standard InChI is InChI=1S/C11H10IN3O/c1-13-11-9(12)6-14-10(15-11)7-3-2-4-8(16)5-7/h2-6,16H,1H3,(H,13,14,15). The number of nitrogens with one attached hydrogen (secondary N) is 1. The second kappa shape index (κ2) is 4.65. The molecule has 82 valence electrons. The second-order valence-electron chi connectivity index (χ2n) is 3.19. The van der Waals surface area contributed by atoms with Gasteiger partial charge in [-0.2, -0.15) is 0 Å². The minimum Gasteiger partial charge on any atom is -0.508 e. The van der Waals surface area contributed by atoms with E-state index in [1.54, 1.807) is 24.4 Å². The highest BCUT2D eigenvalue weighted by Crippen LogP contribution is 2.22. The molecule has 0 amide bonds. The smallest absolute Gasteiger partial charge is 0.161 e. The third-order valence-electron chi connectivity index (χ3n) is 2.09. The van der Waals surface area contributed by atoms with Gasteiger partial charge in [-0.05, 0) is 34.7 Å².